The number of piperidine rings is 1. The van der Waals surface area contributed by atoms with Crippen LogP contribution in [0.5, 0.6) is 0 Å². The highest BCUT2D eigenvalue weighted by molar-refractivity contribution is 7.98. The molecule has 2 fully saturated rings. The SMILES string of the molecule is CSC[C@@H]1[C@H]2CNC[C@]21c1ccc(Cl)c(Cl)c1.Cl. The summed E-state index contributed by atoms with van der Waals surface area (Å²) in [5.74, 6) is 2.83. The van der Waals surface area contributed by atoms with Crippen molar-refractivity contribution in [2.24, 2.45) is 11.8 Å². The van der Waals surface area contributed by atoms with Crippen LogP contribution < -0.4 is 5.32 Å². The van der Waals surface area contributed by atoms with Gasteiger partial charge in [-0.15, -0.1) is 12.4 Å². The fourth-order valence-electron chi connectivity index (χ4n) is 3.39. The number of fused-ring (bicyclic) bond motifs is 1. The van der Waals surface area contributed by atoms with Gasteiger partial charge in [-0.2, -0.15) is 11.8 Å². The molecule has 1 heterocycles. The standard InChI is InChI=1S/C13H15Cl2NS.ClH/c1-17-6-10-9-5-16-7-13(9,10)8-2-3-11(14)12(15)4-8;/h2-4,9-10,16H,5-7H2,1H3;1H/t9-,10-,13+;/m1./s1. The van der Waals surface area contributed by atoms with Crippen LogP contribution in [0.4, 0.5) is 0 Å². The van der Waals surface area contributed by atoms with Gasteiger partial charge in [0.2, 0.25) is 0 Å². The zero-order valence-electron chi connectivity index (χ0n) is 10.1. The van der Waals surface area contributed by atoms with Crippen LogP contribution in [0.2, 0.25) is 10.0 Å². The first-order valence-electron chi connectivity index (χ1n) is 5.85. The fraction of sp³-hybridized carbons (Fsp3) is 0.538. The highest BCUT2D eigenvalue weighted by atomic mass is 35.5. The molecular weight excluding hydrogens is 309 g/mol. The molecule has 1 aromatic rings. The molecule has 0 radical (unpaired) electrons. The van der Waals surface area contributed by atoms with Gasteiger partial charge in [-0.25, -0.2) is 0 Å². The number of thioether (sulfide) groups is 1. The monoisotopic (exact) mass is 323 g/mol. The third kappa shape index (κ3) is 2.06. The molecule has 1 N–H and O–H groups in total. The minimum Gasteiger partial charge on any atom is -0.316 e. The summed E-state index contributed by atoms with van der Waals surface area (Å²) in [6.07, 6.45) is 2.18. The van der Waals surface area contributed by atoms with Crippen molar-refractivity contribution in [3.8, 4) is 0 Å². The molecule has 3 rings (SSSR count). The molecule has 1 aliphatic carbocycles. The molecular formula is C13H16Cl3NS. The number of rotatable bonds is 3. The molecule has 2 aliphatic rings. The maximum absolute atomic E-state index is 6.14. The summed E-state index contributed by atoms with van der Waals surface area (Å²) in [4.78, 5) is 0. The van der Waals surface area contributed by atoms with E-state index in [0.717, 1.165) is 24.9 Å². The molecule has 5 heteroatoms. The van der Waals surface area contributed by atoms with Gasteiger partial charge in [-0.3, -0.25) is 0 Å². The van der Waals surface area contributed by atoms with E-state index in [1.807, 2.05) is 17.8 Å². The Labute approximate surface area is 128 Å². The quantitative estimate of drug-likeness (QED) is 0.906. The van der Waals surface area contributed by atoms with E-state index in [1.54, 1.807) is 0 Å². The van der Waals surface area contributed by atoms with Crippen LogP contribution in [0.3, 0.4) is 0 Å². The topological polar surface area (TPSA) is 12.0 Å². The number of hydrogen-bond donors (Lipinski definition) is 1. The Morgan fingerprint density at radius 1 is 1.39 bits per heavy atom. The fourth-order valence-corrected chi connectivity index (χ4v) is 4.57. The van der Waals surface area contributed by atoms with Gasteiger partial charge >= 0.3 is 0 Å². The molecule has 0 amide bonds. The summed E-state index contributed by atoms with van der Waals surface area (Å²) in [5, 5.41) is 4.83. The Kier molecular flexibility index (Phi) is 4.45. The van der Waals surface area contributed by atoms with Crippen molar-refractivity contribution in [3.05, 3.63) is 33.8 Å². The Hall–Kier alpha value is 0.400. The van der Waals surface area contributed by atoms with Gasteiger partial charge in [-0.1, -0.05) is 29.3 Å². The van der Waals surface area contributed by atoms with E-state index < -0.39 is 0 Å². The maximum atomic E-state index is 6.14. The summed E-state index contributed by atoms with van der Waals surface area (Å²) < 4.78 is 0. The average Bonchev–Trinajstić information content (AvgIpc) is 2.72. The Morgan fingerprint density at radius 3 is 2.83 bits per heavy atom. The van der Waals surface area contributed by atoms with Crippen LogP contribution >= 0.6 is 47.4 Å². The molecule has 0 spiro atoms. The maximum Gasteiger partial charge on any atom is 0.0595 e. The minimum absolute atomic E-state index is 0. The second-order valence-corrected chi connectivity index (χ2v) is 6.69. The van der Waals surface area contributed by atoms with E-state index in [2.05, 4.69) is 23.7 Å². The van der Waals surface area contributed by atoms with Crippen molar-refractivity contribution in [3.63, 3.8) is 0 Å². The van der Waals surface area contributed by atoms with Gasteiger partial charge in [-0.05, 0) is 48.1 Å². The molecule has 1 nitrogen and oxygen atoms in total. The second-order valence-electron chi connectivity index (χ2n) is 4.97. The van der Waals surface area contributed by atoms with E-state index in [-0.39, 0.29) is 12.4 Å². The van der Waals surface area contributed by atoms with Crippen molar-refractivity contribution in [2.75, 3.05) is 25.1 Å². The Balaban J connectivity index is 0.00000120. The lowest BCUT2D eigenvalue weighted by Crippen LogP contribution is -2.24. The lowest BCUT2D eigenvalue weighted by atomic mass is 9.93. The zero-order chi connectivity index (χ0) is 12.0. The minimum atomic E-state index is 0. The van der Waals surface area contributed by atoms with Gasteiger partial charge in [0, 0.05) is 12.0 Å². The highest BCUT2D eigenvalue weighted by Gasteiger charge is 2.66. The molecule has 1 aromatic carbocycles. The van der Waals surface area contributed by atoms with Crippen LogP contribution in [0.25, 0.3) is 0 Å². The first-order chi connectivity index (χ1) is 8.20. The van der Waals surface area contributed by atoms with Crippen LogP contribution in [0.15, 0.2) is 18.2 Å². The van der Waals surface area contributed by atoms with Crippen molar-refractivity contribution < 1.29 is 0 Å². The number of hydrogen-bond acceptors (Lipinski definition) is 2. The van der Waals surface area contributed by atoms with E-state index in [4.69, 9.17) is 23.2 Å². The number of benzene rings is 1. The van der Waals surface area contributed by atoms with Crippen LogP contribution in [0, 0.1) is 11.8 Å². The average molecular weight is 325 g/mol. The lowest BCUT2D eigenvalue weighted by Gasteiger charge is -2.16. The van der Waals surface area contributed by atoms with Crippen LogP contribution in [-0.4, -0.2) is 25.1 Å². The van der Waals surface area contributed by atoms with E-state index in [9.17, 15) is 0 Å². The van der Waals surface area contributed by atoms with Gasteiger partial charge in [0.1, 0.15) is 0 Å². The first-order valence-corrected chi connectivity index (χ1v) is 8.00. The van der Waals surface area contributed by atoms with Gasteiger partial charge in [0.15, 0.2) is 0 Å². The molecule has 100 valence electrons. The predicted octanol–water partition coefficient (Wildman–Crippen LogP) is 3.87. The smallest absolute Gasteiger partial charge is 0.0595 e. The molecule has 0 unspecified atom stereocenters. The van der Waals surface area contributed by atoms with E-state index in [1.165, 1.54) is 11.3 Å². The van der Waals surface area contributed by atoms with Crippen LogP contribution in [0.1, 0.15) is 5.56 Å². The summed E-state index contributed by atoms with van der Waals surface area (Å²) in [7, 11) is 0. The van der Waals surface area contributed by atoms with Gasteiger partial charge in [0.25, 0.3) is 0 Å². The van der Waals surface area contributed by atoms with Gasteiger partial charge < -0.3 is 5.32 Å². The zero-order valence-corrected chi connectivity index (χ0v) is 13.2. The molecule has 1 saturated heterocycles. The predicted molar refractivity (Wildman–Crippen MR) is 83.6 cm³/mol. The normalized spacial score (nSPS) is 32.8. The van der Waals surface area contributed by atoms with Crippen molar-refractivity contribution in [2.45, 2.75) is 5.41 Å². The first kappa shape index (κ1) is 14.8. The van der Waals surface area contributed by atoms with Crippen molar-refractivity contribution in [1.29, 1.82) is 0 Å². The number of halogens is 3. The second kappa shape index (κ2) is 5.41. The molecule has 0 aromatic heterocycles. The highest BCUT2D eigenvalue weighted by Crippen LogP contribution is 2.63. The largest absolute Gasteiger partial charge is 0.316 e. The Morgan fingerprint density at radius 2 is 2.17 bits per heavy atom. The molecule has 1 aliphatic heterocycles. The van der Waals surface area contributed by atoms with E-state index >= 15 is 0 Å². The Bertz CT molecular complexity index is 454. The molecule has 3 atom stereocenters. The lowest BCUT2D eigenvalue weighted by molar-refractivity contribution is 0.596. The van der Waals surface area contributed by atoms with Crippen LogP contribution in [-0.2, 0) is 5.41 Å². The van der Waals surface area contributed by atoms with Crippen molar-refractivity contribution >= 4 is 47.4 Å². The van der Waals surface area contributed by atoms with Crippen molar-refractivity contribution in [1.82, 2.24) is 5.32 Å². The third-order valence-corrected chi connectivity index (χ3v) is 5.72. The number of nitrogens with one attached hydrogen (secondary N) is 1. The van der Waals surface area contributed by atoms with E-state index in [0.29, 0.717) is 15.5 Å². The molecule has 1 saturated carbocycles. The third-order valence-electron chi connectivity index (χ3n) is 4.28. The summed E-state index contributed by atoms with van der Waals surface area (Å²) in [6, 6.07) is 6.14. The summed E-state index contributed by atoms with van der Waals surface area (Å²) in [5.41, 5.74) is 1.69. The summed E-state index contributed by atoms with van der Waals surface area (Å²) >= 11 is 14.1. The van der Waals surface area contributed by atoms with Gasteiger partial charge in [0.05, 0.1) is 10.0 Å². The molecule has 0 bridgehead atoms. The molecule has 18 heavy (non-hydrogen) atoms. The summed E-state index contributed by atoms with van der Waals surface area (Å²) in [6.45, 7) is 2.23.